The Morgan fingerprint density at radius 1 is 1.19 bits per heavy atom. The van der Waals surface area contributed by atoms with Gasteiger partial charge in [-0.05, 0) is 59.4 Å². The number of carbonyl (C=O) groups is 3. The number of aromatic nitrogens is 3. The Morgan fingerprint density at radius 2 is 1.91 bits per heavy atom. The first-order valence-electron chi connectivity index (χ1n) is 11.3. The minimum Gasteiger partial charge on any atom is -0.357 e. The topological polar surface area (TPSA) is 109 Å². The van der Waals surface area contributed by atoms with Gasteiger partial charge in [-0.3, -0.25) is 14.4 Å². The zero-order chi connectivity index (χ0) is 23.2. The Morgan fingerprint density at radius 3 is 2.53 bits per heavy atom. The molecule has 9 heteroatoms. The molecule has 4 rings (SSSR count). The van der Waals surface area contributed by atoms with E-state index in [1.807, 2.05) is 17.7 Å². The van der Waals surface area contributed by atoms with Gasteiger partial charge in [0.05, 0.1) is 28.7 Å². The third-order valence-electron chi connectivity index (χ3n) is 6.23. The minimum atomic E-state index is -0.467. The lowest BCUT2D eigenvalue weighted by Crippen LogP contribution is -2.48. The number of pyridine rings is 1. The number of aryl methyl sites for hydroxylation is 1. The molecule has 3 heterocycles. The Hall–Kier alpha value is -2.97. The van der Waals surface area contributed by atoms with E-state index < -0.39 is 6.04 Å². The van der Waals surface area contributed by atoms with Crippen molar-refractivity contribution in [1.29, 1.82) is 0 Å². The fourth-order valence-electron chi connectivity index (χ4n) is 4.40. The Bertz CT molecular complexity index is 1080. The molecule has 1 atom stereocenters. The van der Waals surface area contributed by atoms with Crippen LogP contribution in [0.3, 0.4) is 0 Å². The maximum atomic E-state index is 13.2. The van der Waals surface area contributed by atoms with Gasteiger partial charge in [-0.1, -0.05) is 0 Å². The predicted molar refractivity (Wildman–Crippen MR) is 120 cm³/mol. The lowest BCUT2D eigenvalue weighted by atomic mass is 10.1. The number of likely N-dealkylation sites (tertiary alicyclic amines) is 1. The summed E-state index contributed by atoms with van der Waals surface area (Å²) in [6.07, 6.45) is 3.55. The molecule has 0 aromatic carbocycles. The van der Waals surface area contributed by atoms with E-state index >= 15 is 0 Å². The van der Waals surface area contributed by atoms with Crippen molar-refractivity contribution in [3.8, 4) is 0 Å². The van der Waals surface area contributed by atoms with E-state index in [1.54, 1.807) is 11.9 Å². The molecule has 1 unspecified atom stereocenters. The number of nitrogens with zero attached hydrogens (tertiary/aromatic N) is 4. The third kappa shape index (κ3) is 4.08. The van der Waals surface area contributed by atoms with Gasteiger partial charge in [0.2, 0.25) is 11.8 Å². The van der Waals surface area contributed by atoms with Crippen molar-refractivity contribution < 1.29 is 14.4 Å². The van der Waals surface area contributed by atoms with E-state index in [0.29, 0.717) is 30.1 Å². The molecule has 2 aliphatic rings. The molecule has 1 saturated heterocycles. The second kappa shape index (κ2) is 8.18. The zero-order valence-electron chi connectivity index (χ0n) is 19.5. The van der Waals surface area contributed by atoms with E-state index in [2.05, 4.69) is 36.5 Å². The standard InChI is InChI=1S/C23H32N6O3/c1-13-19-15(11-16(14-8-9-14)26-20(19)29(27-13)23(2,3)4)21(31)25-12-18(30)28-10-6-7-17(28)22(32)24-5/h11,14,17H,6-10,12H2,1-5H3,(H,24,32)(H,25,31). The summed E-state index contributed by atoms with van der Waals surface area (Å²) in [6.45, 7) is 8.42. The lowest BCUT2D eigenvalue weighted by molar-refractivity contribution is -0.137. The van der Waals surface area contributed by atoms with Gasteiger partial charge in [0.15, 0.2) is 5.65 Å². The van der Waals surface area contributed by atoms with Crippen molar-refractivity contribution in [3.63, 3.8) is 0 Å². The molecule has 2 fully saturated rings. The number of rotatable bonds is 5. The number of nitrogens with one attached hydrogen (secondary N) is 2. The highest BCUT2D eigenvalue weighted by Gasteiger charge is 2.34. The number of fused-ring (bicyclic) bond motifs is 1. The van der Waals surface area contributed by atoms with Crippen LogP contribution in [-0.2, 0) is 15.1 Å². The summed E-state index contributed by atoms with van der Waals surface area (Å²) in [5.74, 6) is -0.370. The highest BCUT2D eigenvalue weighted by atomic mass is 16.2. The van der Waals surface area contributed by atoms with E-state index in [0.717, 1.165) is 36.0 Å². The molecular weight excluding hydrogens is 408 g/mol. The molecule has 172 valence electrons. The number of likely N-dealkylation sites (N-methyl/N-ethyl adjacent to an activating group) is 1. The van der Waals surface area contributed by atoms with Crippen molar-refractivity contribution in [2.45, 2.75) is 70.9 Å². The summed E-state index contributed by atoms with van der Waals surface area (Å²) in [6, 6.07) is 1.38. The third-order valence-corrected chi connectivity index (χ3v) is 6.23. The molecule has 1 aliphatic carbocycles. The van der Waals surface area contributed by atoms with Crippen LogP contribution in [0, 0.1) is 6.92 Å². The first-order valence-corrected chi connectivity index (χ1v) is 11.3. The van der Waals surface area contributed by atoms with Gasteiger partial charge in [0.25, 0.3) is 5.91 Å². The fourth-order valence-corrected chi connectivity index (χ4v) is 4.40. The predicted octanol–water partition coefficient (Wildman–Crippen LogP) is 1.84. The number of amides is 3. The molecule has 9 nitrogen and oxygen atoms in total. The lowest BCUT2D eigenvalue weighted by Gasteiger charge is -2.23. The molecule has 0 bridgehead atoms. The average molecular weight is 441 g/mol. The largest absolute Gasteiger partial charge is 0.357 e. The summed E-state index contributed by atoms with van der Waals surface area (Å²) < 4.78 is 1.88. The minimum absolute atomic E-state index is 0.151. The molecule has 2 N–H and O–H groups in total. The van der Waals surface area contributed by atoms with E-state index in [9.17, 15) is 14.4 Å². The molecule has 1 aliphatic heterocycles. The molecule has 2 aromatic heterocycles. The normalized spacial score (nSPS) is 18.8. The van der Waals surface area contributed by atoms with E-state index in [-0.39, 0.29) is 29.8 Å². The second-order valence-electron chi connectivity index (χ2n) is 9.78. The highest BCUT2D eigenvalue weighted by Crippen LogP contribution is 2.41. The summed E-state index contributed by atoms with van der Waals surface area (Å²) in [5.41, 5.74) is 2.56. The number of hydrogen-bond donors (Lipinski definition) is 2. The molecule has 2 aromatic rings. The van der Waals surface area contributed by atoms with Crippen LogP contribution in [-0.4, -0.2) is 63.6 Å². The summed E-state index contributed by atoms with van der Waals surface area (Å²) in [5, 5.41) is 10.8. The van der Waals surface area contributed by atoms with Gasteiger partial charge in [0.1, 0.15) is 6.04 Å². The van der Waals surface area contributed by atoms with Gasteiger partial charge in [-0.25, -0.2) is 9.67 Å². The first-order chi connectivity index (χ1) is 15.1. The number of carbonyl (C=O) groups excluding carboxylic acids is 3. The van der Waals surface area contributed by atoms with Crippen LogP contribution in [0.2, 0.25) is 0 Å². The molecule has 0 radical (unpaired) electrons. The highest BCUT2D eigenvalue weighted by molar-refractivity contribution is 6.07. The Balaban J connectivity index is 1.60. The molecule has 3 amide bonds. The summed E-state index contributed by atoms with van der Waals surface area (Å²) in [7, 11) is 1.57. The first kappa shape index (κ1) is 22.2. The van der Waals surface area contributed by atoms with Crippen LogP contribution in [0.5, 0.6) is 0 Å². The second-order valence-corrected chi connectivity index (χ2v) is 9.78. The van der Waals surface area contributed by atoms with Gasteiger partial charge < -0.3 is 15.5 Å². The molecule has 0 spiro atoms. The van der Waals surface area contributed by atoms with Crippen molar-refractivity contribution in [2.24, 2.45) is 0 Å². The van der Waals surface area contributed by atoms with Gasteiger partial charge in [-0.15, -0.1) is 0 Å². The summed E-state index contributed by atoms with van der Waals surface area (Å²) in [4.78, 5) is 44.5. The van der Waals surface area contributed by atoms with Crippen molar-refractivity contribution in [3.05, 3.63) is 23.0 Å². The maximum absolute atomic E-state index is 13.2. The quantitative estimate of drug-likeness (QED) is 0.737. The van der Waals surface area contributed by atoms with E-state index in [1.165, 1.54) is 0 Å². The van der Waals surface area contributed by atoms with Gasteiger partial charge in [-0.2, -0.15) is 5.10 Å². The molecule has 32 heavy (non-hydrogen) atoms. The van der Waals surface area contributed by atoms with Crippen LogP contribution < -0.4 is 10.6 Å². The Kier molecular flexibility index (Phi) is 5.68. The van der Waals surface area contributed by atoms with Gasteiger partial charge >= 0.3 is 0 Å². The SMILES string of the molecule is CNC(=O)C1CCCN1C(=O)CNC(=O)c1cc(C2CC2)nc2c1c(C)nn2C(C)(C)C. The van der Waals surface area contributed by atoms with Crippen molar-refractivity contribution >= 4 is 28.8 Å². The van der Waals surface area contributed by atoms with Crippen LogP contribution in [0.15, 0.2) is 6.07 Å². The number of hydrogen-bond acceptors (Lipinski definition) is 5. The zero-order valence-corrected chi connectivity index (χ0v) is 19.5. The smallest absolute Gasteiger partial charge is 0.252 e. The van der Waals surface area contributed by atoms with Gasteiger partial charge in [0, 0.05) is 25.2 Å². The Labute approximate surface area is 187 Å². The van der Waals surface area contributed by atoms with Crippen LogP contribution in [0.25, 0.3) is 11.0 Å². The molecule has 1 saturated carbocycles. The maximum Gasteiger partial charge on any atom is 0.252 e. The van der Waals surface area contributed by atoms with Crippen LogP contribution >= 0.6 is 0 Å². The van der Waals surface area contributed by atoms with Crippen LogP contribution in [0.4, 0.5) is 0 Å². The fraction of sp³-hybridized carbons (Fsp3) is 0.609. The van der Waals surface area contributed by atoms with E-state index in [4.69, 9.17) is 4.98 Å². The summed E-state index contributed by atoms with van der Waals surface area (Å²) >= 11 is 0. The van der Waals surface area contributed by atoms with Crippen LogP contribution in [0.1, 0.15) is 74.1 Å². The van der Waals surface area contributed by atoms with Crippen molar-refractivity contribution in [1.82, 2.24) is 30.3 Å². The monoisotopic (exact) mass is 440 g/mol. The molecular formula is C23H32N6O3. The average Bonchev–Trinajstić information content (AvgIpc) is 3.38. The van der Waals surface area contributed by atoms with Crippen molar-refractivity contribution in [2.75, 3.05) is 20.1 Å².